The number of amides is 2. The smallest absolute Gasteiger partial charge is 0.280 e. The second-order valence-electron chi connectivity index (χ2n) is 8.53. The van der Waals surface area contributed by atoms with Crippen LogP contribution in [0.25, 0.3) is 0 Å². The van der Waals surface area contributed by atoms with Crippen LogP contribution >= 0.6 is 11.7 Å². The molecule has 0 bridgehead atoms. The molecule has 2 amide bonds. The van der Waals surface area contributed by atoms with Gasteiger partial charge in [0.05, 0.1) is 39.3 Å². The number of benzene rings is 2. The summed E-state index contributed by atoms with van der Waals surface area (Å²) >= 11 is 0.934. The molecule has 0 aliphatic heterocycles. The average Bonchev–Trinajstić information content (AvgIpc) is 3.46. The zero-order chi connectivity index (χ0) is 25.5. The van der Waals surface area contributed by atoms with E-state index in [9.17, 15) is 9.59 Å². The van der Waals surface area contributed by atoms with Crippen molar-refractivity contribution < 1.29 is 23.8 Å². The molecular formula is C26H30N4O5S. The van der Waals surface area contributed by atoms with Crippen LogP contribution in [0.1, 0.15) is 54.2 Å². The molecule has 190 valence electrons. The van der Waals surface area contributed by atoms with E-state index in [1.807, 2.05) is 0 Å². The fraction of sp³-hybridized carbons (Fsp3) is 0.385. The molecule has 1 fully saturated rings. The lowest BCUT2D eigenvalue weighted by Gasteiger charge is -2.33. The summed E-state index contributed by atoms with van der Waals surface area (Å²) in [5.41, 5.74) is 1.21. The molecular weight excluding hydrogens is 480 g/mol. The lowest BCUT2D eigenvalue weighted by atomic mass is 9.94. The maximum Gasteiger partial charge on any atom is 0.280 e. The summed E-state index contributed by atoms with van der Waals surface area (Å²) in [5.74, 6) is 0.805. The molecule has 3 aromatic rings. The summed E-state index contributed by atoms with van der Waals surface area (Å²) < 4.78 is 24.5. The van der Waals surface area contributed by atoms with E-state index < -0.39 is 11.9 Å². The lowest BCUT2D eigenvalue weighted by Crippen LogP contribution is -2.47. The van der Waals surface area contributed by atoms with Gasteiger partial charge in [-0.1, -0.05) is 31.4 Å². The van der Waals surface area contributed by atoms with Gasteiger partial charge in [0.15, 0.2) is 17.2 Å². The van der Waals surface area contributed by atoms with Crippen LogP contribution in [-0.2, 0) is 4.79 Å². The molecule has 0 unspecified atom stereocenters. The fourth-order valence-electron chi connectivity index (χ4n) is 4.49. The second kappa shape index (κ2) is 11.9. The number of anilines is 1. The summed E-state index contributed by atoms with van der Waals surface area (Å²) in [6.45, 7) is 0. The van der Waals surface area contributed by atoms with Crippen LogP contribution in [0.2, 0.25) is 0 Å². The van der Waals surface area contributed by atoms with Gasteiger partial charge in [0, 0.05) is 17.8 Å². The van der Waals surface area contributed by atoms with E-state index in [1.165, 1.54) is 18.2 Å². The molecule has 9 nitrogen and oxygen atoms in total. The summed E-state index contributed by atoms with van der Waals surface area (Å²) in [6.07, 6.45) is 6.52. The lowest BCUT2D eigenvalue weighted by molar-refractivity contribution is -0.123. The Morgan fingerprint density at radius 2 is 1.78 bits per heavy atom. The molecule has 0 saturated heterocycles. The molecule has 36 heavy (non-hydrogen) atoms. The van der Waals surface area contributed by atoms with Crippen LogP contribution < -0.4 is 24.4 Å². The van der Waals surface area contributed by atoms with Crippen molar-refractivity contribution in [1.82, 2.24) is 14.1 Å². The molecule has 1 saturated carbocycles. The van der Waals surface area contributed by atoms with Crippen molar-refractivity contribution in [3.8, 4) is 17.2 Å². The first kappa shape index (κ1) is 25.4. The van der Waals surface area contributed by atoms with Gasteiger partial charge >= 0.3 is 0 Å². The Balaban J connectivity index is 1.84. The summed E-state index contributed by atoms with van der Waals surface area (Å²) in [6, 6.07) is 11.3. The highest BCUT2D eigenvalue weighted by Gasteiger charge is 2.36. The number of nitrogens with one attached hydrogen (secondary N) is 1. The molecule has 1 N–H and O–H groups in total. The predicted molar refractivity (Wildman–Crippen MR) is 137 cm³/mol. The highest BCUT2D eigenvalue weighted by molar-refractivity contribution is 6.99. The number of carbonyl (C=O) groups is 2. The number of methoxy groups -OCH3 is 3. The van der Waals surface area contributed by atoms with Gasteiger partial charge in [0.25, 0.3) is 5.91 Å². The van der Waals surface area contributed by atoms with Crippen molar-refractivity contribution in [2.45, 2.75) is 44.2 Å². The minimum atomic E-state index is -1.01. The SMILES string of the molecule is COc1cccc(N(C(=O)c2cnsn2)[C@@H](C(=O)NC2CCCCC2)c2ccc(OC)c(OC)c2)c1. The van der Waals surface area contributed by atoms with E-state index in [4.69, 9.17) is 14.2 Å². The maximum absolute atomic E-state index is 14.0. The minimum absolute atomic E-state index is 0.0529. The van der Waals surface area contributed by atoms with E-state index in [0.717, 1.165) is 43.8 Å². The highest BCUT2D eigenvalue weighted by atomic mass is 32.1. The topological polar surface area (TPSA) is 103 Å². The molecule has 10 heteroatoms. The van der Waals surface area contributed by atoms with Crippen LogP contribution in [0, 0.1) is 0 Å². The van der Waals surface area contributed by atoms with Crippen LogP contribution in [0.4, 0.5) is 5.69 Å². The first-order valence-electron chi connectivity index (χ1n) is 11.8. The maximum atomic E-state index is 14.0. The molecule has 4 rings (SSSR count). The zero-order valence-electron chi connectivity index (χ0n) is 20.6. The molecule has 1 aliphatic carbocycles. The summed E-state index contributed by atoms with van der Waals surface area (Å²) in [5, 5.41) is 3.19. The monoisotopic (exact) mass is 510 g/mol. The second-order valence-corrected chi connectivity index (χ2v) is 9.09. The van der Waals surface area contributed by atoms with Crippen LogP contribution in [0.15, 0.2) is 48.7 Å². The van der Waals surface area contributed by atoms with Crippen molar-refractivity contribution in [3.63, 3.8) is 0 Å². The molecule has 1 heterocycles. The van der Waals surface area contributed by atoms with Gasteiger partial charge in [-0.15, -0.1) is 0 Å². The van der Waals surface area contributed by atoms with Crippen LogP contribution in [0.3, 0.4) is 0 Å². The Hall–Kier alpha value is -3.66. The van der Waals surface area contributed by atoms with Gasteiger partial charge in [-0.05, 0) is 42.7 Å². The number of nitrogens with zero attached hydrogens (tertiary/aromatic N) is 3. The number of rotatable bonds is 9. The number of aromatic nitrogens is 2. The number of ether oxygens (including phenoxy) is 3. The summed E-state index contributed by atoms with van der Waals surface area (Å²) in [4.78, 5) is 29.3. The van der Waals surface area contributed by atoms with Crippen molar-refractivity contribution in [3.05, 3.63) is 59.9 Å². The molecule has 0 spiro atoms. The average molecular weight is 511 g/mol. The van der Waals surface area contributed by atoms with Crippen LogP contribution in [-0.4, -0.2) is 47.9 Å². The Kier molecular flexibility index (Phi) is 8.37. The van der Waals surface area contributed by atoms with Gasteiger partial charge in [-0.2, -0.15) is 8.75 Å². The Bertz CT molecular complexity index is 1180. The van der Waals surface area contributed by atoms with E-state index in [0.29, 0.717) is 28.5 Å². The zero-order valence-corrected chi connectivity index (χ0v) is 21.4. The Morgan fingerprint density at radius 1 is 1.00 bits per heavy atom. The molecule has 1 atom stereocenters. The van der Waals surface area contributed by atoms with Gasteiger partial charge in [0.1, 0.15) is 11.8 Å². The van der Waals surface area contributed by atoms with Crippen molar-refractivity contribution >= 4 is 29.2 Å². The molecule has 1 aliphatic rings. The van der Waals surface area contributed by atoms with Gasteiger partial charge in [-0.3, -0.25) is 14.5 Å². The van der Waals surface area contributed by atoms with E-state index >= 15 is 0 Å². The standard InChI is InChI=1S/C26H30N4O5S/c1-33-20-11-7-10-19(15-20)30(26(32)21-16-27-36-29-21)24(25(31)28-18-8-5-4-6-9-18)17-12-13-22(34-2)23(14-17)35-3/h7,10-16,18,24H,4-6,8-9H2,1-3H3,(H,28,31)/t24-/m1/s1. The van der Waals surface area contributed by atoms with E-state index in [2.05, 4.69) is 14.1 Å². The number of carbonyl (C=O) groups excluding carboxylic acids is 2. The fourth-order valence-corrected chi connectivity index (χ4v) is 4.90. The summed E-state index contributed by atoms with van der Waals surface area (Å²) in [7, 11) is 4.63. The first-order valence-corrected chi connectivity index (χ1v) is 12.6. The third kappa shape index (κ3) is 5.59. The van der Waals surface area contributed by atoms with Crippen molar-refractivity contribution in [2.75, 3.05) is 26.2 Å². The largest absolute Gasteiger partial charge is 0.497 e. The molecule has 1 aromatic heterocycles. The van der Waals surface area contributed by atoms with Crippen molar-refractivity contribution in [2.24, 2.45) is 0 Å². The third-order valence-corrected chi connectivity index (χ3v) is 6.79. The molecule has 0 radical (unpaired) electrons. The quantitative estimate of drug-likeness (QED) is 0.455. The Morgan fingerprint density at radius 3 is 2.44 bits per heavy atom. The van der Waals surface area contributed by atoms with E-state index in [1.54, 1.807) is 56.7 Å². The van der Waals surface area contributed by atoms with Gasteiger partial charge < -0.3 is 19.5 Å². The minimum Gasteiger partial charge on any atom is -0.497 e. The van der Waals surface area contributed by atoms with Gasteiger partial charge in [-0.25, -0.2) is 0 Å². The predicted octanol–water partition coefficient (Wildman–Crippen LogP) is 4.40. The third-order valence-electron chi connectivity index (χ3n) is 6.31. The highest BCUT2D eigenvalue weighted by Crippen LogP contribution is 2.36. The Labute approximate surface area is 214 Å². The van der Waals surface area contributed by atoms with Crippen LogP contribution in [0.5, 0.6) is 17.2 Å². The van der Waals surface area contributed by atoms with Gasteiger partial charge in [0.2, 0.25) is 5.91 Å². The number of hydrogen-bond donors (Lipinski definition) is 1. The van der Waals surface area contributed by atoms with Crippen molar-refractivity contribution in [1.29, 1.82) is 0 Å². The first-order chi connectivity index (χ1) is 17.5. The molecule has 2 aromatic carbocycles. The normalized spacial score (nSPS) is 14.5. The van der Waals surface area contributed by atoms with E-state index in [-0.39, 0.29) is 17.6 Å². The number of hydrogen-bond acceptors (Lipinski definition) is 8.